The number of benzene rings is 1. The number of hydrogen-bond acceptors (Lipinski definition) is 3. The molecule has 4 heteroatoms. The maximum absolute atomic E-state index is 11.6. The van der Waals surface area contributed by atoms with Crippen LogP contribution in [-0.4, -0.2) is 18.8 Å². The molecule has 19 heavy (non-hydrogen) atoms. The zero-order valence-electron chi connectivity index (χ0n) is 11.4. The van der Waals surface area contributed by atoms with Gasteiger partial charge in [-0.2, -0.15) is 0 Å². The van der Waals surface area contributed by atoms with E-state index in [0.29, 0.717) is 13.0 Å². The number of nitrogens with one attached hydrogen (secondary N) is 1. The van der Waals surface area contributed by atoms with E-state index in [1.54, 1.807) is 0 Å². The molecule has 1 saturated heterocycles. The van der Waals surface area contributed by atoms with Crippen LogP contribution in [0, 0.1) is 6.92 Å². The molecule has 1 aliphatic rings. The lowest BCUT2D eigenvalue weighted by molar-refractivity contribution is -0.200. The molecule has 1 fully saturated rings. The fraction of sp³-hybridized carbons (Fsp3) is 0.533. The summed E-state index contributed by atoms with van der Waals surface area (Å²) in [6.45, 7) is 2.76. The fourth-order valence-corrected chi connectivity index (χ4v) is 2.00. The van der Waals surface area contributed by atoms with Crippen LogP contribution in [0.4, 0.5) is 0 Å². The average molecular weight is 263 g/mol. The van der Waals surface area contributed by atoms with Crippen molar-refractivity contribution in [2.24, 2.45) is 0 Å². The molecule has 0 bridgehead atoms. The van der Waals surface area contributed by atoms with E-state index >= 15 is 0 Å². The van der Waals surface area contributed by atoms with Gasteiger partial charge < -0.3 is 4.74 Å². The Bertz CT molecular complexity index is 396. The van der Waals surface area contributed by atoms with E-state index in [1.165, 1.54) is 5.56 Å². The highest BCUT2D eigenvalue weighted by atomic mass is 16.8. The zero-order valence-corrected chi connectivity index (χ0v) is 11.4. The summed E-state index contributed by atoms with van der Waals surface area (Å²) in [4.78, 5) is 16.9. The van der Waals surface area contributed by atoms with Gasteiger partial charge in [0.1, 0.15) is 0 Å². The first-order valence-electron chi connectivity index (χ1n) is 6.86. The molecular formula is C15H21NO3. The standard InChI is InChI=1S/C15H21NO3/c1-12-5-7-13(8-6-12)9-10-14(17)16-19-15-4-2-3-11-18-15/h5-8,15H,2-4,9-11H2,1H3,(H,16,17). The Morgan fingerprint density at radius 2 is 2.16 bits per heavy atom. The van der Waals surface area contributed by atoms with Crippen LogP contribution in [0.15, 0.2) is 24.3 Å². The molecule has 1 N–H and O–H groups in total. The number of carbonyl (C=O) groups excluding carboxylic acids is 1. The molecule has 1 aromatic carbocycles. The van der Waals surface area contributed by atoms with Gasteiger partial charge in [0.25, 0.3) is 0 Å². The van der Waals surface area contributed by atoms with Crippen molar-refractivity contribution in [1.29, 1.82) is 0 Å². The van der Waals surface area contributed by atoms with Gasteiger partial charge in [-0.3, -0.25) is 4.79 Å². The lowest BCUT2D eigenvalue weighted by Gasteiger charge is -2.22. The lowest BCUT2D eigenvalue weighted by atomic mass is 10.1. The summed E-state index contributed by atoms with van der Waals surface area (Å²) in [5.74, 6) is -0.102. The second kappa shape index (κ2) is 7.26. The van der Waals surface area contributed by atoms with Crippen LogP contribution in [0.25, 0.3) is 0 Å². The van der Waals surface area contributed by atoms with Crippen molar-refractivity contribution in [2.75, 3.05) is 6.61 Å². The molecule has 104 valence electrons. The summed E-state index contributed by atoms with van der Waals surface area (Å²) in [5, 5.41) is 0. The molecule has 0 spiro atoms. The van der Waals surface area contributed by atoms with E-state index < -0.39 is 0 Å². The molecule has 1 unspecified atom stereocenters. The Labute approximate surface area is 114 Å². The topological polar surface area (TPSA) is 47.6 Å². The zero-order chi connectivity index (χ0) is 13.5. The highest BCUT2D eigenvalue weighted by Gasteiger charge is 2.15. The summed E-state index contributed by atoms with van der Waals surface area (Å²) in [6.07, 6.45) is 3.87. The first-order valence-corrected chi connectivity index (χ1v) is 6.86. The van der Waals surface area contributed by atoms with E-state index in [1.807, 2.05) is 12.1 Å². The van der Waals surface area contributed by atoms with Crippen molar-refractivity contribution in [3.05, 3.63) is 35.4 Å². The molecule has 1 amide bonds. The van der Waals surface area contributed by atoms with Gasteiger partial charge in [-0.25, -0.2) is 10.3 Å². The molecule has 0 aromatic heterocycles. The number of amides is 1. The maximum atomic E-state index is 11.6. The molecule has 1 heterocycles. The van der Waals surface area contributed by atoms with E-state index in [-0.39, 0.29) is 12.2 Å². The number of ether oxygens (including phenoxy) is 1. The summed E-state index contributed by atoms with van der Waals surface area (Å²) in [6, 6.07) is 8.21. The van der Waals surface area contributed by atoms with Crippen molar-refractivity contribution < 1.29 is 14.4 Å². The number of rotatable bonds is 5. The van der Waals surface area contributed by atoms with Gasteiger partial charge in [-0.15, -0.1) is 0 Å². The smallest absolute Gasteiger partial charge is 0.243 e. The Hall–Kier alpha value is -1.39. The Morgan fingerprint density at radius 1 is 1.37 bits per heavy atom. The normalized spacial score (nSPS) is 19.1. The number of carbonyl (C=O) groups is 1. The Balaban J connectivity index is 1.65. The highest BCUT2D eigenvalue weighted by molar-refractivity contribution is 5.75. The predicted octanol–water partition coefficient (Wildman–Crippen LogP) is 2.50. The van der Waals surface area contributed by atoms with Crippen LogP contribution >= 0.6 is 0 Å². The largest absolute Gasteiger partial charge is 0.350 e. The van der Waals surface area contributed by atoms with Crippen molar-refractivity contribution in [2.45, 2.75) is 45.3 Å². The molecule has 1 aliphatic heterocycles. The van der Waals surface area contributed by atoms with Crippen LogP contribution in [0.1, 0.15) is 36.8 Å². The highest BCUT2D eigenvalue weighted by Crippen LogP contribution is 2.12. The Kier molecular flexibility index (Phi) is 5.36. The van der Waals surface area contributed by atoms with E-state index in [4.69, 9.17) is 9.57 Å². The molecule has 2 rings (SSSR count). The van der Waals surface area contributed by atoms with Gasteiger partial charge >= 0.3 is 0 Å². The predicted molar refractivity (Wildman–Crippen MR) is 72.3 cm³/mol. The lowest BCUT2D eigenvalue weighted by Crippen LogP contribution is -2.33. The minimum absolute atomic E-state index is 0.102. The van der Waals surface area contributed by atoms with Gasteiger partial charge in [0, 0.05) is 19.4 Å². The third-order valence-corrected chi connectivity index (χ3v) is 3.20. The summed E-state index contributed by atoms with van der Waals surface area (Å²) in [7, 11) is 0. The molecule has 0 saturated carbocycles. The van der Waals surface area contributed by atoms with Gasteiger partial charge in [-0.05, 0) is 31.7 Å². The molecule has 1 atom stereocenters. The van der Waals surface area contributed by atoms with Gasteiger partial charge in [0.15, 0.2) is 6.29 Å². The minimum atomic E-state index is -0.280. The summed E-state index contributed by atoms with van der Waals surface area (Å²) < 4.78 is 5.37. The second-order valence-electron chi connectivity index (χ2n) is 4.92. The van der Waals surface area contributed by atoms with Crippen LogP contribution in [0.2, 0.25) is 0 Å². The van der Waals surface area contributed by atoms with E-state index in [0.717, 1.165) is 31.2 Å². The van der Waals surface area contributed by atoms with Gasteiger partial charge in [-0.1, -0.05) is 29.8 Å². The number of aryl methyl sites for hydroxylation is 2. The van der Waals surface area contributed by atoms with Crippen molar-refractivity contribution in [3.8, 4) is 0 Å². The Morgan fingerprint density at radius 3 is 2.84 bits per heavy atom. The van der Waals surface area contributed by atoms with Crippen LogP contribution in [0.3, 0.4) is 0 Å². The molecule has 0 radical (unpaired) electrons. The third-order valence-electron chi connectivity index (χ3n) is 3.20. The molecule has 0 aliphatic carbocycles. The van der Waals surface area contributed by atoms with E-state index in [9.17, 15) is 4.79 Å². The average Bonchev–Trinajstić information content (AvgIpc) is 2.45. The van der Waals surface area contributed by atoms with Gasteiger partial charge in [0.05, 0.1) is 0 Å². The molecule has 4 nitrogen and oxygen atoms in total. The monoisotopic (exact) mass is 263 g/mol. The first-order chi connectivity index (χ1) is 9.24. The second-order valence-corrected chi connectivity index (χ2v) is 4.92. The van der Waals surface area contributed by atoms with Crippen molar-refractivity contribution >= 4 is 5.91 Å². The van der Waals surface area contributed by atoms with Crippen LogP contribution in [0.5, 0.6) is 0 Å². The van der Waals surface area contributed by atoms with Crippen LogP contribution in [-0.2, 0) is 20.8 Å². The van der Waals surface area contributed by atoms with Crippen molar-refractivity contribution in [3.63, 3.8) is 0 Å². The minimum Gasteiger partial charge on any atom is -0.350 e. The summed E-state index contributed by atoms with van der Waals surface area (Å²) >= 11 is 0. The molecule has 1 aromatic rings. The first kappa shape index (κ1) is 14.0. The van der Waals surface area contributed by atoms with Crippen molar-refractivity contribution in [1.82, 2.24) is 5.48 Å². The number of hydrogen-bond donors (Lipinski definition) is 1. The quantitative estimate of drug-likeness (QED) is 0.830. The SMILES string of the molecule is Cc1ccc(CCC(=O)NOC2CCCCO2)cc1. The van der Waals surface area contributed by atoms with Crippen LogP contribution < -0.4 is 5.48 Å². The number of hydroxylamine groups is 1. The maximum Gasteiger partial charge on any atom is 0.243 e. The fourth-order valence-electron chi connectivity index (χ4n) is 2.00. The van der Waals surface area contributed by atoms with Gasteiger partial charge in [0.2, 0.25) is 5.91 Å². The summed E-state index contributed by atoms with van der Waals surface area (Å²) in [5.41, 5.74) is 4.86. The van der Waals surface area contributed by atoms with E-state index in [2.05, 4.69) is 24.5 Å². The molecular weight excluding hydrogens is 242 g/mol. The third kappa shape index (κ3) is 5.01.